The molecule has 0 spiro atoms. The molecule has 2 rings (SSSR count). The topological polar surface area (TPSA) is 93.1 Å². The van der Waals surface area contributed by atoms with Crippen LogP contribution in [-0.4, -0.2) is 48.6 Å². The van der Waals surface area contributed by atoms with Gasteiger partial charge in [0, 0.05) is 0 Å². The minimum Gasteiger partial charge on any atom is -0.469 e. The monoisotopic (exact) mass is 288 g/mol. The van der Waals surface area contributed by atoms with E-state index in [9.17, 15) is 9.59 Å². The summed E-state index contributed by atoms with van der Waals surface area (Å²) in [6.45, 7) is 3.62. The summed E-state index contributed by atoms with van der Waals surface area (Å²) in [5.41, 5.74) is -0.817. The maximum Gasteiger partial charge on any atom is 0.311 e. The zero-order valence-corrected chi connectivity index (χ0v) is 12.5. The Labute approximate surface area is 119 Å². The van der Waals surface area contributed by atoms with Gasteiger partial charge in [-0.3, -0.25) is 9.59 Å². The van der Waals surface area contributed by atoms with Gasteiger partial charge < -0.3 is 19.7 Å². The first-order chi connectivity index (χ1) is 9.16. The van der Waals surface area contributed by atoms with Gasteiger partial charge in [-0.15, -0.1) is 0 Å². The number of rotatable bonds is 2. The Hall–Kier alpha value is -1.14. The van der Waals surface area contributed by atoms with Crippen LogP contribution >= 0.6 is 0 Å². The van der Waals surface area contributed by atoms with E-state index in [1.165, 1.54) is 14.2 Å². The Morgan fingerprint density at radius 3 is 1.25 bits per heavy atom. The number of methoxy groups -OCH3 is 2. The molecule has 6 nitrogen and oxygen atoms in total. The molecule has 0 aromatic rings. The van der Waals surface area contributed by atoms with Gasteiger partial charge in [0.15, 0.2) is 0 Å². The summed E-state index contributed by atoms with van der Waals surface area (Å²) in [5, 5.41) is 17.8. The van der Waals surface area contributed by atoms with Gasteiger partial charge in [0.05, 0.1) is 37.3 Å². The number of hydrogen-bond donors (Lipinski definition) is 2. The maximum absolute atomic E-state index is 10.9. The summed E-state index contributed by atoms with van der Waals surface area (Å²) in [6.07, 6.45) is 1.56. The van der Waals surface area contributed by atoms with Gasteiger partial charge in [0.25, 0.3) is 0 Å². The third-order valence-electron chi connectivity index (χ3n) is 4.10. The Morgan fingerprint density at radius 2 is 1.10 bits per heavy atom. The Bertz CT molecular complexity index is 330. The summed E-state index contributed by atoms with van der Waals surface area (Å²) in [4.78, 5) is 21.9. The SMILES string of the molecule is COC(=O)C1(C)CC(O)C1.COC(=O)C1(C)CC(O)C1. The highest BCUT2D eigenvalue weighted by Gasteiger charge is 2.47. The van der Waals surface area contributed by atoms with E-state index >= 15 is 0 Å². The highest BCUT2D eigenvalue weighted by Crippen LogP contribution is 2.42. The van der Waals surface area contributed by atoms with E-state index in [-0.39, 0.29) is 24.1 Å². The highest BCUT2D eigenvalue weighted by molar-refractivity contribution is 5.77. The molecule has 0 aliphatic heterocycles. The summed E-state index contributed by atoms with van der Waals surface area (Å²) < 4.78 is 9.11. The molecule has 0 aromatic carbocycles. The molecule has 6 heteroatoms. The second kappa shape index (κ2) is 6.10. The number of ether oxygens (including phenoxy) is 2. The van der Waals surface area contributed by atoms with Gasteiger partial charge in [0.2, 0.25) is 0 Å². The van der Waals surface area contributed by atoms with Crippen LogP contribution in [-0.2, 0) is 19.1 Å². The number of carbonyl (C=O) groups excluding carboxylic acids is 2. The third kappa shape index (κ3) is 3.49. The molecule has 20 heavy (non-hydrogen) atoms. The van der Waals surface area contributed by atoms with E-state index in [1.54, 1.807) is 0 Å². The van der Waals surface area contributed by atoms with Crippen LogP contribution in [0.2, 0.25) is 0 Å². The predicted molar refractivity (Wildman–Crippen MR) is 70.7 cm³/mol. The first kappa shape index (κ1) is 16.9. The van der Waals surface area contributed by atoms with Crippen molar-refractivity contribution in [3.05, 3.63) is 0 Å². The van der Waals surface area contributed by atoms with Gasteiger partial charge in [0.1, 0.15) is 0 Å². The second-order valence-corrected chi connectivity index (χ2v) is 6.23. The summed E-state index contributed by atoms with van der Waals surface area (Å²) in [7, 11) is 2.75. The van der Waals surface area contributed by atoms with E-state index in [0.717, 1.165) is 0 Å². The van der Waals surface area contributed by atoms with Crippen LogP contribution in [0.25, 0.3) is 0 Å². The summed E-state index contributed by atoms with van der Waals surface area (Å²) in [5.74, 6) is -0.421. The largest absolute Gasteiger partial charge is 0.469 e. The normalized spacial score (nSPS) is 38.5. The molecule has 116 valence electrons. The van der Waals surface area contributed by atoms with Crippen molar-refractivity contribution in [3.63, 3.8) is 0 Å². The Balaban J connectivity index is 0.000000200. The van der Waals surface area contributed by atoms with Crippen LogP contribution in [0.5, 0.6) is 0 Å². The Morgan fingerprint density at radius 1 is 0.850 bits per heavy atom. The first-order valence-electron chi connectivity index (χ1n) is 6.70. The van der Waals surface area contributed by atoms with E-state index in [4.69, 9.17) is 10.2 Å². The molecular weight excluding hydrogens is 264 g/mol. The standard InChI is InChI=1S/2C7H12O3/c2*1-7(6(9)10-2)3-5(8)4-7/h2*5,8H,3-4H2,1-2H3. The lowest BCUT2D eigenvalue weighted by molar-refractivity contribution is -0.164. The van der Waals surface area contributed by atoms with Crippen LogP contribution in [0, 0.1) is 10.8 Å². The van der Waals surface area contributed by atoms with Crippen LogP contribution in [0.1, 0.15) is 39.5 Å². The van der Waals surface area contributed by atoms with Crippen molar-refractivity contribution in [2.45, 2.75) is 51.7 Å². The molecule has 2 fully saturated rings. The lowest BCUT2D eigenvalue weighted by Gasteiger charge is -2.39. The number of carbonyl (C=O) groups is 2. The first-order valence-corrected chi connectivity index (χ1v) is 6.70. The molecule has 2 aliphatic rings. The zero-order chi connectivity index (χ0) is 15.6. The fourth-order valence-electron chi connectivity index (χ4n) is 2.79. The minimum atomic E-state index is -0.409. The molecular formula is C14H24O6. The highest BCUT2D eigenvalue weighted by atomic mass is 16.5. The lowest BCUT2D eigenvalue weighted by Crippen LogP contribution is -2.45. The fourth-order valence-corrected chi connectivity index (χ4v) is 2.79. The second-order valence-electron chi connectivity index (χ2n) is 6.23. The minimum absolute atomic E-state index is 0.210. The van der Waals surface area contributed by atoms with Crippen LogP contribution in [0.3, 0.4) is 0 Å². The van der Waals surface area contributed by atoms with Crippen molar-refractivity contribution in [2.75, 3.05) is 14.2 Å². The van der Waals surface area contributed by atoms with Crippen molar-refractivity contribution in [3.8, 4) is 0 Å². The van der Waals surface area contributed by atoms with Crippen LogP contribution in [0.15, 0.2) is 0 Å². The van der Waals surface area contributed by atoms with Crippen LogP contribution in [0.4, 0.5) is 0 Å². The number of esters is 2. The van der Waals surface area contributed by atoms with Gasteiger partial charge in [-0.2, -0.15) is 0 Å². The third-order valence-corrected chi connectivity index (χ3v) is 4.10. The van der Waals surface area contributed by atoms with Crippen molar-refractivity contribution in [2.24, 2.45) is 10.8 Å². The van der Waals surface area contributed by atoms with Crippen molar-refractivity contribution >= 4 is 11.9 Å². The molecule has 0 radical (unpaired) electrons. The molecule has 2 aliphatic carbocycles. The van der Waals surface area contributed by atoms with Crippen molar-refractivity contribution in [1.82, 2.24) is 0 Å². The van der Waals surface area contributed by atoms with Crippen molar-refractivity contribution in [1.29, 1.82) is 0 Å². The van der Waals surface area contributed by atoms with E-state index < -0.39 is 10.8 Å². The number of hydrogen-bond acceptors (Lipinski definition) is 6. The molecule has 0 unspecified atom stereocenters. The molecule has 0 amide bonds. The van der Waals surface area contributed by atoms with E-state index in [2.05, 4.69) is 9.47 Å². The molecule has 0 heterocycles. The van der Waals surface area contributed by atoms with Gasteiger partial charge in [-0.05, 0) is 39.5 Å². The molecule has 0 aromatic heterocycles. The van der Waals surface area contributed by atoms with Crippen LogP contribution < -0.4 is 0 Å². The smallest absolute Gasteiger partial charge is 0.311 e. The van der Waals surface area contributed by atoms with Gasteiger partial charge >= 0.3 is 11.9 Å². The van der Waals surface area contributed by atoms with E-state index in [0.29, 0.717) is 25.7 Å². The lowest BCUT2D eigenvalue weighted by atomic mass is 9.68. The quantitative estimate of drug-likeness (QED) is 0.724. The number of aliphatic hydroxyl groups excluding tert-OH is 2. The zero-order valence-electron chi connectivity index (χ0n) is 12.5. The van der Waals surface area contributed by atoms with Gasteiger partial charge in [-0.1, -0.05) is 0 Å². The molecule has 0 saturated heterocycles. The fraction of sp³-hybridized carbons (Fsp3) is 0.857. The predicted octanol–water partition coefficient (Wildman–Crippen LogP) is 0.641. The molecule has 0 bridgehead atoms. The van der Waals surface area contributed by atoms with E-state index in [1.807, 2.05) is 13.8 Å². The van der Waals surface area contributed by atoms with Gasteiger partial charge in [-0.25, -0.2) is 0 Å². The summed E-state index contributed by atoms with van der Waals surface area (Å²) in [6, 6.07) is 0. The molecule has 0 atom stereocenters. The molecule has 2 saturated carbocycles. The molecule has 2 N–H and O–H groups in total. The van der Waals surface area contributed by atoms with Crippen molar-refractivity contribution < 1.29 is 29.3 Å². The maximum atomic E-state index is 10.9. The average molecular weight is 288 g/mol. The Kier molecular flexibility index (Phi) is 5.15. The average Bonchev–Trinajstić information content (AvgIpc) is 2.34. The summed E-state index contributed by atoms with van der Waals surface area (Å²) >= 11 is 0. The number of aliphatic hydroxyl groups is 2.